The predicted molar refractivity (Wildman–Crippen MR) is 75.4 cm³/mol. The van der Waals surface area contributed by atoms with Gasteiger partial charge in [0.15, 0.2) is 4.21 Å². The van der Waals surface area contributed by atoms with E-state index in [2.05, 4.69) is 4.98 Å². The summed E-state index contributed by atoms with van der Waals surface area (Å²) < 4.78 is 31.4. The first-order chi connectivity index (χ1) is 8.96. The van der Waals surface area contributed by atoms with Crippen molar-refractivity contribution in [3.05, 3.63) is 35.3 Å². The van der Waals surface area contributed by atoms with Crippen LogP contribution >= 0.6 is 11.3 Å². The minimum atomic E-state index is -3.64. The molecule has 0 spiro atoms. The molecule has 0 bridgehead atoms. The Bertz CT molecular complexity index is 680. The van der Waals surface area contributed by atoms with Crippen LogP contribution in [-0.4, -0.2) is 27.6 Å². The average Bonchev–Trinajstić information content (AvgIpc) is 2.86. The molecule has 0 saturated heterocycles. The highest BCUT2D eigenvalue weighted by Crippen LogP contribution is 2.32. The molecule has 0 radical (unpaired) electrons. The molecular formula is C12H14N2O3S2. The second kappa shape index (κ2) is 5.18. The minimum absolute atomic E-state index is 0.181. The molecule has 5 nitrogen and oxygen atoms in total. The van der Waals surface area contributed by atoms with Crippen LogP contribution in [0, 0.1) is 6.92 Å². The molecule has 0 aromatic carbocycles. The van der Waals surface area contributed by atoms with E-state index in [1.165, 1.54) is 14.2 Å². The number of ether oxygens (including phenoxy) is 1. The van der Waals surface area contributed by atoms with Crippen LogP contribution in [0.4, 0.5) is 5.82 Å². The number of anilines is 1. The first-order valence-corrected chi connectivity index (χ1v) is 7.83. The van der Waals surface area contributed by atoms with E-state index in [1.54, 1.807) is 23.6 Å². The van der Waals surface area contributed by atoms with Crippen molar-refractivity contribution in [2.75, 3.05) is 18.5 Å². The zero-order chi connectivity index (χ0) is 14.0. The van der Waals surface area contributed by atoms with E-state index in [4.69, 9.17) is 4.74 Å². The summed E-state index contributed by atoms with van der Waals surface area (Å²) in [6, 6.07) is 6.88. The molecule has 19 heavy (non-hydrogen) atoms. The standard InChI is InChI=1S/C12H14N2O3S2/c1-9-5-4-6-11(13-9)14(2)19(15,16)12-10(17-3)7-8-18-12/h4-8H,1-3H3. The van der Waals surface area contributed by atoms with Crippen LogP contribution in [0.1, 0.15) is 5.69 Å². The third kappa shape index (κ3) is 2.57. The molecule has 0 aliphatic carbocycles. The van der Waals surface area contributed by atoms with E-state index in [0.29, 0.717) is 11.6 Å². The lowest BCUT2D eigenvalue weighted by Gasteiger charge is -2.18. The van der Waals surface area contributed by atoms with Gasteiger partial charge < -0.3 is 4.74 Å². The number of thiophene rings is 1. The first-order valence-electron chi connectivity index (χ1n) is 5.51. The Balaban J connectivity index is 2.45. The summed E-state index contributed by atoms with van der Waals surface area (Å²) >= 11 is 1.13. The normalized spacial score (nSPS) is 11.3. The summed E-state index contributed by atoms with van der Waals surface area (Å²) in [5, 5.41) is 1.68. The molecule has 7 heteroatoms. The first kappa shape index (κ1) is 13.8. The lowest BCUT2D eigenvalue weighted by atomic mass is 10.4. The fourth-order valence-electron chi connectivity index (χ4n) is 1.57. The third-order valence-corrected chi connectivity index (χ3v) is 5.79. The van der Waals surface area contributed by atoms with Gasteiger partial charge in [0.25, 0.3) is 10.0 Å². The summed E-state index contributed by atoms with van der Waals surface area (Å²) in [4.78, 5) is 4.22. The van der Waals surface area contributed by atoms with Crippen LogP contribution in [0.2, 0.25) is 0 Å². The van der Waals surface area contributed by atoms with Crippen molar-refractivity contribution in [1.82, 2.24) is 4.98 Å². The minimum Gasteiger partial charge on any atom is -0.494 e. The Morgan fingerprint density at radius 3 is 2.68 bits per heavy atom. The smallest absolute Gasteiger partial charge is 0.278 e. The highest BCUT2D eigenvalue weighted by Gasteiger charge is 2.27. The number of rotatable bonds is 4. The van der Waals surface area contributed by atoms with Crippen molar-refractivity contribution in [3.8, 4) is 5.75 Å². The molecule has 2 aromatic rings. The van der Waals surface area contributed by atoms with Gasteiger partial charge in [0, 0.05) is 12.7 Å². The number of nitrogens with zero attached hydrogens (tertiary/aromatic N) is 2. The number of hydrogen-bond donors (Lipinski definition) is 0. The lowest BCUT2D eigenvalue weighted by molar-refractivity contribution is 0.406. The molecule has 0 atom stereocenters. The fraction of sp³-hybridized carbons (Fsp3) is 0.250. The number of sulfonamides is 1. The monoisotopic (exact) mass is 298 g/mol. The van der Waals surface area contributed by atoms with Crippen molar-refractivity contribution in [1.29, 1.82) is 0 Å². The van der Waals surface area contributed by atoms with E-state index in [0.717, 1.165) is 21.3 Å². The highest BCUT2D eigenvalue weighted by molar-refractivity contribution is 7.94. The van der Waals surface area contributed by atoms with Crippen LogP contribution in [0.15, 0.2) is 33.9 Å². The van der Waals surface area contributed by atoms with Crippen molar-refractivity contribution < 1.29 is 13.2 Å². The number of methoxy groups -OCH3 is 1. The van der Waals surface area contributed by atoms with Crippen LogP contribution < -0.4 is 9.04 Å². The zero-order valence-electron chi connectivity index (χ0n) is 10.8. The zero-order valence-corrected chi connectivity index (χ0v) is 12.5. The molecule has 2 aromatic heterocycles. The maximum Gasteiger partial charge on any atom is 0.278 e. The van der Waals surface area contributed by atoms with Crippen molar-refractivity contribution in [2.24, 2.45) is 0 Å². The van der Waals surface area contributed by atoms with E-state index in [-0.39, 0.29) is 4.21 Å². The summed E-state index contributed by atoms with van der Waals surface area (Å²) in [5.74, 6) is 0.736. The van der Waals surface area contributed by atoms with Crippen molar-refractivity contribution in [3.63, 3.8) is 0 Å². The molecule has 0 N–H and O–H groups in total. The van der Waals surface area contributed by atoms with Gasteiger partial charge in [-0.15, -0.1) is 11.3 Å². The Kier molecular flexibility index (Phi) is 3.77. The van der Waals surface area contributed by atoms with Crippen molar-refractivity contribution >= 4 is 27.2 Å². The van der Waals surface area contributed by atoms with Gasteiger partial charge in [-0.25, -0.2) is 4.98 Å². The molecule has 2 heterocycles. The van der Waals surface area contributed by atoms with Gasteiger partial charge in [0.05, 0.1) is 7.11 Å². The Hall–Kier alpha value is -1.60. The van der Waals surface area contributed by atoms with Gasteiger partial charge in [-0.1, -0.05) is 6.07 Å². The lowest BCUT2D eigenvalue weighted by Crippen LogP contribution is -2.27. The molecule has 2 rings (SSSR count). The summed E-state index contributed by atoms with van der Waals surface area (Å²) in [6.07, 6.45) is 0. The fourth-order valence-corrected chi connectivity index (χ4v) is 4.15. The summed E-state index contributed by atoms with van der Waals surface area (Å²) in [7, 11) is -0.711. The average molecular weight is 298 g/mol. The topological polar surface area (TPSA) is 59.5 Å². The van der Waals surface area contributed by atoms with Gasteiger partial charge in [-0.2, -0.15) is 8.42 Å². The molecule has 0 aliphatic rings. The van der Waals surface area contributed by atoms with Crippen LogP contribution in [-0.2, 0) is 10.0 Å². The largest absolute Gasteiger partial charge is 0.494 e. The number of hydrogen-bond acceptors (Lipinski definition) is 5. The Morgan fingerprint density at radius 2 is 2.05 bits per heavy atom. The Labute approximate surface area is 116 Å². The number of aryl methyl sites for hydroxylation is 1. The highest BCUT2D eigenvalue weighted by atomic mass is 32.2. The van der Waals surface area contributed by atoms with Crippen LogP contribution in [0.5, 0.6) is 5.75 Å². The van der Waals surface area contributed by atoms with Crippen LogP contribution in [0.25, 0.3) is 0 Å². The maximum absolute atomic E-state index is 12.5. The van der Waals surface area contributed by atoms with Gasteiger partial charge in [-0.05, 0) is 30.5 Å². The van der Waals surface area contributed by atoms with Crippen LogP contribution in [0.3, 0.4) is 0 Å². The second-order valence-electron chi connectivity index (χ2n) is 3.89. The molecule has 102 valence electrons. The predicted octanol–water partition coefficient (Wildman–Crippen LogP) is 2.29. The van der Waals surface area contributed by atoms with Crippen molar-refractivity contribution in [2.45, 2.75) is 11.1 Å². The molecular weight excluding hydrogens is 284 g/mol. The second-order valence-corrected chi connectivity index (χ2v) is 6.97. The summed E-state index contributed by atoms with van der Waals surface area (Å²) in [5.41, 5.74) is 0.762. The number of aromatic nitrogens is 1. The maximum atomic E-state index is 12.5. The van der Waals surface area contributed by atoms with E-state index < -0.39 is 10.0 Å². The van der Waals surface area contributed by atoms with E-state index in [1.807, 2.05) is 13.0 Å². The number of pyridine rings is 1. The van der Waals surface area contributed by atoms with Gasteiger partial charge in [0.1, 0.15) is 11.6 Å². The third-order valence-electron chi connectivity index (χ3n) is 2.61. The Morgan fingerprint density at radius 1 is 1.32 bits per heavy atom. The molecule has 0 saturated carbocycles. The summed E-state index contributed by atoms with van der Waals surface area (Å²) in [6.45, 7) is 1.82. The quantitative estimate of drug-likeness (QED) is 0.869. The molecule has 0 aliphatic heterocycles. The molecule has 0 fully saturated rings. The SMILES string of the molecule is COc1ccsc1S(=O)(=O)N(C)c1cccc(C)n1. The van der Waals surface area contributed by atoms with E-state index in [9.17, 15) is 8.42 Å². The molecule has 0 amide bonds. The van der Waals surface area contributed by atoms with Gasteiger partial charge in [-0.3, -0.25) is 4.31 Å². The molecule has 0 unspecified atom stereocenters. The van der Waals surface area contributed by atoms with Gasteiger partial charge >= 0.3 is 0 Å². The van der Waals surface area contributed by atoms with E-state index >= 15 is 0 Å². The van der Waals surface area contributed by atoms with Gasteiger partial charge in [0.2, 0.25) is 0 Å².